The molecule has 0 spiro atoms. The van der Waals surface area contributed by atoms with Gasteiger partial charge in [0.25, 0.3) is 0 Å². The lowest BCUT2D eigenvalue weighted by molar-refractivity contribution is 0.789. The van der Waals surface area contributed by atoms with Crippen LogP contribution in [0, 0.1) is 5.92 Å². The summed E-state index contributed by atoms with van der Waals surface area (Å²) in [5.74, 6) is 0.567. The molecule has 0 heterocycles. The second-order valence-electron chi connectivity index (χ2n) is 6.68. The molecule has 2 aromatic carbocycles. The van der Waals surface area contributed by atoms with Gasteiger partial charge in [-0.05, 0) is 47.0 Å². The molecule has 1 aliphatic rings. The minimum Gasteiger partial charge on any atom is -0.404 e. The average Bonchev–Trinajstić information content (AvgIpc) is 3.07. The first kappa shape index (κ1) is 15.8. The van der Waals surface area contributed by atoms with Gasteiger partial charge in [-0.3, -0.25) is 0 Å². The van der Waals surface area contributed by atoms with Crippen molar-refractivity contribution in [1.82, 2.24) is 0 Å². The van der Waals surface area contributed by atoms with E-state index in [0.29, 0.717) is 5.92 Å². The fourth-order valence-corrected chi connectivity index (χ4v) is 7.18. The van der Waals surface area contributed by atoms with Gasteiger partial charge in [0, 0.05) is 5.69 Å². The molecule has 0 saturated heterocycles. The fourth-order valence-electron chi connectivity index (χ4n) is 3.46. The third-order valence-electron chi connectivity index (χ3n) is 4.71. The Morgan fingerprint density at radius 2 is 1.52 bits per heavy atom. The molecular weight excluding hydrogens is 294 g/mol. The predicted molar refractivity (Wildman–Crippen MR) is 103 cm³/mol. The van der Waals surface area contributed by atoms with E-state index < -0.39 is 8.24 Å². The number of hydrogen-bond acceptors (Lipinski definition) is 1. The van der Waals surface area contributed by atoms with Gasteiger partial charge in [-0.2, -0.15) is 0 Å². The molecule has 0 aliphatic heterocycles. The lowest BCUT2D eigenvalue weighted by Gasteiger charge is -2.33. The van der Waals surface area contributed by atoms with Crippen molar-refractivity contribution in [2.75, 3.05) is 4.98 Å². The van der Waals surface area contributed by atoms with Gasteiger partial charge in [0.1, 0.15) is 0 Å². The van der Waals surface area contributed by atoms with Gasteiger partial charge in [0.15, 0.2) is 0 Å². The monoisotopic (exact) mass is 319 g/mol. The van der Waals surface area contributed by atoms with Gasteiger partial charge < -0.3 is 4.98 Å². The molecule has 1 aliphatic carbocycles. The number of anilines is 1. The molecule has 0 fully saturated rings. The highest BCUT2D eigenvalue weighted by Gasteiger charge is 2.37. The summed E-state index contributed by atoms with van der Waals surface area (Å²) in [6.45, 7) is 7.04. The third kappa shape index (κ3) is 3.18. The first-order valence-electron chi connectivity index (χ1n) is 8.40. The largest absolute Gasteiger partial charge is 0.404 e. The first-order valence-corrected chi connectivity index (χ1v) is 10.9. The highest BCUT2D eigenvalue weighted by molar-refractivity contribution is 6.99. The summed E-state index contributed by atoms with van der Waals surface area (Å²) < 4.78 is 0. The zero-order valence-electron chi connectivity index (χ0n) is 14.2. The minimum atomic E-state index is -1.99. The van der Waals surface area contributed by atoms with E-state index in [1.54, 1.807) is 5.20 Å². The van der Waals surface area contributed by atoms with E-state index in [1.165, 1.54) is 16.4 Å². The minimum absolute atomic E-state index is 0.567. The van der Waals surface area contributed by atoms with Crippen LogP contribution >= 0.6 is 0 Å². The zero-order valence-corrected chi connectivity index (χ0v) is 15.2. The maximum atomic E-state index is 3.94. The smallest absolute Gasteiger partial charge is 0.211 e. The maximum absolute atomic E-state index is 3.94. The fraction of sp³-hybridized carbons (Fsp3) is 0.238. The Morgan fingerprint density at radius 1 is 0.913 bits per heavy atom. The van der Waals surface area contributed by atoms with Crippen LogP contribution in [0.25, 0.3) is 0 Å². The molecule has 0 radical (unpaired) electrons. The summed E-state index contributed by atoms with van der Waals surface area (Å²) in [5, 5.41) is 3.06. The topological polar surface area (TPSA) is 12.0 Å². The second kappa shape index (κ2) is 6.59. The van der Waals surface area contributed by atoms with E-state index in [1.807, 2.05) is 0 Å². The molecule has 0 saturated carbocycles. The van der Waals surface area contributed by atoms with E-state index >= 15 is 0 Å². The molecule has 1 unspecified atom stereocenters. The van der Waals surface area contributed by atoms with Crippen LogP contribution in [0.2, 0.25) is 6.55 Å². The summed E-state index contributed by atoms with van der Waals surface area (Å²) in [7, 11) is -1.99. The number of nitrogens with one attached hydrogen (secondary N) is 1. The number of allylic oxidation sites excluding steroid dienone is 4. The van der Waals surface area contributed by atoms with Crippen LogP contribution in [0.15, 0.2) is 83.6 Å². The summed E-state index contributed by atoms with van der Waals surface area (Å²) in [5.41, 5.74) is 2.74. The van der Waals surface area contributed by atoms with Crippen LogP contribution < -0.4 is 10.2 Å². The van der Waals surface area contributed by atoms with Crippen LogP contribution in [0.3, 0.4) is 0 Å². The van der Waals surface area contributed by atoms with E-state index in [4.69, 9.17) is 0 Å². The summed E-state index contributed by atoms with van der Waals surface area (Å²) >= 11 is 0. The summed E-state index contributed by atoms with van der Waals surface area (Å²) in [6, 6.07) is 21.6. The number of rotatable bonds is 5. The molecule has 0 bridgehead atoms. The molecule has 23 heavy (non-hydrogen) atoms. The van der Waals surface area contributed by atoms with Gasteiger partial charge in [-0.1, -0.05) is 74.5 Å². The van der Waals surface area contributed by atoms with Crippen LogP contribution in [0.5, 0.6) is 0 Å². The van der Waals surface area contributed by atoms with Crippen molar-refractivity contribution in [2.45, 2.75) is 26.8 Å². The van der Waals surface area contributed by atoms with E-state index in [0.717, 1.165) is 6.42 Å². The van der Waals surface area contributed by atoms with Gasteiger partial charge in [-0.15, -0.1) is 0 Å². The van der Waals surface area contributed by atoms with Crippen LogP contribution in [-0.4, -0.2) is 8.24 Å². The normalized spacial score (nSPS) is 16.7. The predicted octanol–water partition coefficient (Wildman–Crippen LogP) is 5.03. The van der Waals surface area contributed by atoms with Crippen molar-refractivity contribution in [1.29, 1.82) is 0 Å². The molecule has 1 nitrogen and oxygen atoms in total. The average molecular weight is 320 g/mol. The molecule has 2 heteroatoms. The Kier molecular flexibility index (Phi) is 4.53. The maximum Gasteiger partial charge on any atom is 0.211 e. The lowest BCUT2D eigenvalue weighted by Crippen LogP contribution is -2.55. The van der Waals surface area contributed by atoms with Crippen molar-refractivity contribution in [3.05, 3.63) is 83.6 Å². The van der Waals surface area contributed by atoms with Gasteiger partial charge in [0.2, 0.25) is 8.24 Å². The zero-order chi connectivity index (χ0) is 16.3. The third-order valence-corrected chi connectivity index (χ3v) is 8.69. The van der Waals surface area contributed by atoms with E-state index in [-0.39, 0.29) is 0 Å². The molecule has 3 rings (SSSR count). The Balaban J connectivity index is 2.10. The van der Waals surface area contributed by atoms with E-state index in [2.05, 4.69) is 98.2 Å². The Morgan fingerprint density at radius 3 is 2.13 bits per heavy atom. The van der Waals surface area contributed by atoms with E-state index in [9.17, 15) is 0 Å². The highest BCUT2D eigenvalue weighted by atomic mass is 28.3. The molecule has 0 aromatic heterocycles. The highest BCUT2D eigenvalue weighted by Crippen LogP contribution is 2.33. The van der Waals surface area contributed by atoms with Crippen LogP contribution in [0.1, 0.15) is 20.3 Å². The standard InChI is InChI=1S/C21H25NSi/c1-17(2)20-15-10-16-21(20)23(3,19-13-8-5-9-14-19)22-18-11-6-4-7-12-18/h4-15,17,22H,16H2,1-3H3. The van der Waals surface area contributed by atoms with Crippen LogP contribution in [0.4, 0.5) is 5.69 Å². The van der Waals surface area contributed by atoms with Crippen molar-refractivity contribution in [3.63, 3.8) is 0 Å². The Labute approximate surface area is 140 Å². The quantitative estimate of drug-likeness (QED) is 0.762. The Bertz CT molecular complexity index is 716. The van der Waals surface area contributed by atoms with Crippen LogP contribution in [-0.2, 0) is 0 Å². The van der Waals surface area contributed by atoms with Crippen molar-refractivity contribution < 1.29 is 0 Å². The number of hydrogen-bond donors (Lipinski definition) is 1. The van der Waals surface area contributed by atoms with Gasteiger partial charge >= 0.3 is 0 Å². The Hall–Kier alpha value is -2.06. The molecule has 2 aromatic rings. The van der Waals surface area contributed by atoms with Crippen molar-refractivity contribution in [2.24, 2.45) is 5.92 Å². The summed E-state index contributed by atoms with van der Waals surface area (Å²) in [4.78, 5) is 3.94. The lowest BCUT2D eigenvalue weighted by atomic mass is 10.1. The summed E-state index contributed by atoms with van der Waals surface area (Å²) in [6.07, 6.45) is 5.73. The molecule has 1 N–H and O–H groups in total. The molecule has 0 amide bonds. The van der Waals surface area contributed by atoms with Crippen molar-refractivity contribution >= 4 is 19.1 Å². The molecule has 1 atom stereocenters. The first-order chi connectivity index (χ1) is 11.1. The second-order valence-corrected chi connectivity index (χ2v) is 10.4. The molecule has 118 valence electrons. The number of benzene rings is 2. The van der Waals surface area contributed by atoms with Crippen molar-refractivity contribution in [3.8, 4) is 0 Å². The van der Waals surface area contributed by atoms with Gasteiger partial charge in [0.05, 0.1) is 0 Å². The molecular formula is C21H25NSi. The van der Waals surface area contributed by atoms with Gasteiger partial charge in [-0.25, -0.2) is 0 Å². The number of para-hydroxylation sites is 1. The SMILES string of the molecule is CC(C)C1=C([Si](C)(Nc2ccccc2)c2ccccc2)CC=C1.